The van der Waals surface area contributed by atoms with Gasteiger partial charge in [-0.15, -0.1) is 0 Å². The lowest BCUT2D eigenvalue weighted by atomic mass is 10.0. The van der Waals surface area contributed by atoms with Gasteiger partial charge in [0.15, 0.2) is 5.69 Å². The number of nitrogens with zero attached hydrogens (tertiary/aromatic N) is 2. The van der Waals surface area contributed by atoms with Crippen LogP contribution in [-0.2, 0) is 0 Å². The zero-order valence-corrected chi connectivity index (χ0v) is 15.5. The average molecular weight is 374 g/mol. The van der Waals surface area contributed by atoms with Gasteiger partial charge in [-0.25, -0.2) is 4.98 Å². The molecule has 1 N–H and O–H groups in total. The Morgan fingerprint density at radius 3 is 2.58 bits per heavy atom. The molecule has 26 heavy (non-hydrogen) atoms. The van der Waals surface area contributed by atoms with Gasteiger partial charge >= 0.3 is 0 Å². The van der Waals surface area contributed by atoms with E-state index in [1.54, 1.807) is 24.3 Å². The van der Waals surface area contributed by atoms with Crippen LogP contribution in [0.15, 0.2) is 40.5 Å². The maximum absolute atomic E-state index is 12.6. The quantitative estimate of drug-likeness (QED) is 0.751. The fourth-order valence-corrected chi connectivity index (χ4v) is 2.78. The summed E-state index contributed by atoms with van der Waals surface area (Å²) >= 11 is 5.88. The van der Waals surface area contributed by atoms with Gasteiger partial charge in [-0.05, 0) is 57.7 Å². The summed E-state index contributed by atoms with van der Waals surface area (Å²) in [6.45, 7) is 1.59. The lowest BCUT2D eigenvalue weighted by Gasteiger charge is -2.13. The number of allylic oxidation sites excluding steroid dienone is 2. The molecule has 1 aromatic carbocycles. The van der Waals surface area contributed by atoms with Gasteiger partial charge in [0.25, 0.3) is 0 Å². The predicted octanol–water partition coefficient (Wildman–Crippen LogP) is 3.19. The number of benzene rings is 1. The van der Waals surface area contributed by atoms with E-state index in [9.17, 15) is 9.59 Å². The van der Waals surface area contributed by atoms with Crippen LogP contribution in [0, 0.1) is 0 Å². The maximum atomic E-state index is 12.6. The summed E-state index contributed by atoms with van der Waals surface area (Å²) in [6, 6.07) is 6.85. The minimum atomic E-state index is -0.347. The summed E-state index contributed by atoms with van der Waals surface area (Å²) in [6.07, 6.45) is 3.20. The molecule has 136 valence electrons. The fourth-order valence-electron chi connectivity index (χ4n) is 2.65. The van der Waals surface area contributed by atoms with Gasteiger partial charge in [-0.3, -0.25) is 9.59 Å². The number of fused-ring (bicyclic) bond motifs is 1. The third-order valence-electron chi connectivity index (χ3n) is 4.03. The minimum absolute atomic E-state index is 0.0155. The first-order valence-corrected chi connectivity index (χ1v) is 8.79. The molecule has 1 aromatic heterocycles. The Morgan fingerprint density at radius 2 is 1.88 bits per heavy atom. The number of Topliss-reactive ketones (excluding diaryl/α,β-unsaturated/α-hetero) is 1. The van der Waals surface area contributed by atoms with Gasteiger partial charge in [0, 0.05) is 23.2 Å². The standard InChI is InChI=1S/C19H20ClN3O3/c1-23(2)10-4-3-9-21-14-11-15(24)16-18(17(14)25)26-19(22-16)12-5-7-13(20)8-6-12/h5-8,11,21H,3-4,9-10H2,1-2H3. The van der Waals surface area contributed by atoms with Crippen LogP contribution in [0.5, 0.6) is 0 Å². The van der Waals surface area contributed by atoms with E-state index in [0.717, 1.165) is 19.4 Å². The van der Waals surface area contributed by atoms with E-state index < -0.39 is 0 Å². The van der Waals surface area contributed by atoms with Gasteiger partial charge in [0.05, 0.1) is 5.70 Å². The first-order chi connectivity index (χ1) is 12.5. The van der Waals surface area contributed by atoms with E-state index >= 15 is 0 Å². The average Bonchev–Trinajstić information content (AvgIpc) is 3.05. The van der Waals surface area contributed by atoms with Crippen LogP contribution < -0.4 is 5.32 Å². The minimum Gasteiger partial charge on any atom is -0.432 e. The molecule has 0 bridgehead atoms. The second-order valence-electron chi connectivity index (χ2n) is 6.39. The van der Waals surface area contributed by atoms with Crippen molar-refractivity contribution in [2.45, 2.75) is 12.8 Å². The van der Waals surface area contributed by atoms with E-state index in [2.05, 4.69) is 15.2 Å². The van der Waals surface area contributed by atoms with E-state index in [1.165, 1.54) is 6.08 Å². The number of nitrogens with one attached hydrogen (secondary N) is 1. The molecule has 0 saturated carbocycles. The van der Waals surface area contributed by atoms with Crippen LogP contribution in [0.25, 0.3) is 11.5 Å². The summed E-state index contributed by atoms with van der Waals surface area (Å²) in [5.74, 6) is -0.466. The largest absolute Gasteiger partial charge is 0.432 e. The highest BCUT2D eigenvalue weighted by Gasteiger charge is 2.32. The lowest BCUT2D eigenvalue weighted by Crippen LogP contribution is -2.27. The van der Waals surface area contributed by atoms with Crippen LogP contribution in [0.4, 0.5) is 0 Å². The SMILES string of the molecule is CN(C)CCCCNC1=CC(=O)c2nc(-c3ccc(Cl)cc3)oc2C1=O. The molecule has 0 amide bonds. The van der Waals surface area contributed by atoms with Gasteiger partial charge in [-0.2, -0.15) is 0 Å². The second-order valence-corrected chi connectivity index (χ2v) is 6.83. The van der Waals surface area contributed by atoms with E-state index in [-0.39, 0.29) is 34.6 Å². The van der Waals surface area contributed by atoms with Crippen LogP contribution in [0.2, 0.25) is 5.02 Å². The monoisotopic (exact) mass is 373 g/mol. The number of ketones is 2. The maximum Gasteiger partial charge on any atom is 0.246 e. The molecule has 0 spiro atoms. The summed E-state index contributed by atoms with van der Waals surface area (Å²) in [7, 11) is 4.03. The van der Waals surface area contributed by atoms with Crippen molar-refractivity contribution in [3.05, 3.63) is 52.5 Å². The van der Waals surface area contributed by atoms with Crippen LogP contribution in [-0.4, -0.2) is 48.6 Å². The van der Waals surface area contributed by atoms with Crippen LogP contribution in [0.1, 0.15) is 33.9 Å². The van der Waals surface area contributed by atoms with E-state index in [1.807, 2.05) is 14.1 Å². The molecule has 6 nitrogen and oxygen atoms in total. The second kappa shape index (κ2) is 7.85. The van der Waals surface area contributed by atoms with Crippen molar-refractivity contribution in [1.29, 1.82) is 0 Å². The molecular weight excluding hydrogens is 354 g/mol. The fraction of sp³-hybridized carbons (Fsp3) is 0.316. The number of carbonyl (C=O) groups is 2. The highest BCUT2D eigenvalue weighted by Crippen LogP contribution is 2.27. The number of carbonyl (C=O) groups excluding carboxylic acids is 2. The normalized spacial score (nSPS) is 13.8. The summed E-state index contributed by atoms with van der Waals surface area (Å²) < 4.78 is 5.59. The smallest absolute Gasteiger partial charge is 0.246 e. The third kappa shape index (κ3) is 4.03. The Bertz CT molecular complexity index is 853. The Kier molecular flexibility index (Phi) is 5.54. The van der Waals surface area contributed by atoms with Crippen LogP contribution in [0.3, 0.4) is 0 Å². The zero-order valence-electron chi connectivity index (χ0n) is 14.7. The summed E-state index contributed by atoms with van der Waals surface area (Å²) in [5, 5.41) is 3.62. The predicted molar refractivity (Wildman–Crippen MR) is 99.5 cm³/mol. The summed E-state index contributed by atoms with van der Waals surface area (Å²) in [5.41, 5.74) is 0.965. The van der Waals surface area contributed by atoms with Gasteiger partial charge in [0.1, 0.15) is 0 Å². The molecular formula is C19H20ClN3O3. The Morgan fingerprint density at radius 1 is 1.15 bits per heavy atom. The molecule has 2 aromatic rings. The number of oxazole rings is 1. The Labute approximate surface area is 156 Å². The highest BCUT2D eigenvalue weighted by atomic mass is 35.5. The molecule has 0 unspecified atom stereocenters. The van der Waals surface area contributed by atoms with Crippen molar-refractivity contribution in [2.24, 2.45) is 0 Å². The van der Waals surface area contributed by atoms with Gasteiger partial charge in [-0.1, -0.05) is 11.6 Å². The van der Waals surface area contributed by atoms with Crippen molar-refractivity contribution in [3.8, 4) is 11.5 Å². The molecule has 1 aliphatic carbocycles. The van der Waals surface area contributed by atoms with Crippen molar-refractivity contribution in [2.75, 3.05) is 27.2 Å². The molecule has 1 heterocycles. The molecule has 0 atom stereocenters. The third-order valence-corrected chi connectivity index (χ3v) is 4.28. The van der Waals surface area contributed by atoms with Crippen molar-refractivity contribution in [1.82, 2.24) is 15.2 Å². The molecule has 0 radical (unpaired) electrons. The van der Waals surface area contributed by atoms with Gasteiger partial charge in [0.2, 0.25) is 23.2 Å². The van der Waals surface area contributed by atoms with Crippen molar-refractivity contribution in [3.63, 3.8) is 0 Å². The first-order valence-electron chi connectivity index (χ1n) is 8.42. The van der Waals surface area contributed by atoms with Crippen LogP contribution >= 0.6 is 11.6 Å². The van der Waals surface area contributed by atoms with E-state index in [4.69, 9.17) is 16.0 Å². The molecule has 7 heteroatoms. The molecule has 0 saturated heterocycles. The highest BCUT2D eigenvalue weighted by molar-refractivity contribution is 6.30. The van der Waals surface area contributed by atoms with Crippen molar-refractivity contribution < 1.29 is 14.0 Å². The van der Waals surface area contributed by atoms with E-state index in [0.29, 0.717) is 17.1 Å². The lowest BCUT2D eigenvalue weighted by molar-refractivity contribution is 0.0956. The number of aromatic nitrogens is 1. The molecule has 0 aliphatic heterocycles. The summed E-state index contributed by atoms with van der Waals surface area (Å²) in [4.78, 5) is 31.2. The zero-order chi connectivity index (χ0) is 18.7. The van der Waals surface area contributed by atoms with Crippen molar-refractivity contribution >= 4 is 23.2 Å². The number of rotatable bonds is 7. The number of halogens is 1. The molecule has 0 fully saturated rings. The Hall–Kier alpha value is -2.44. The number of hydrogen-bond acceptors (Lipinski definition) is 6. The topological polar surface area (TPSA) is 75.4 Å². The number of unbranched alkanes of at least 4 members (excludes halogenated alkanes) is 1. The molecule has 3 rings (SSSR count). The van der Waals surface area contributed by atoms with Gasteiger partial charge < -0.3 is 14.6 Å². The Balaban J connectivity index is 1.71. The molecule has 1 aliphatic rings. The first kappa shape index (κ1) is 18.4. The number of hydrogen-bond donors (Lipinski definition) is 1.